The molecular formula is C75H45N9. The molecule has 0 spiro atoms. The number of aromatic nitrogens is 8. The summed E-state index contributed by atoms with van der Waals surface area (Å²) >= 11 is 0. The molecule has 0 bridgehead atoms. The first-order valence-electron chi connectivity index (χ1n) is 28.1. The Kier molecular flexibility index (Phi) is 10.5. The highest BCUT2D eigenvalue weighted by Gasteiger charge is 2.27. The highest BCUT2D eigenvalue weighted by atomic mass is 15.1. The summed E-state index contributed by atoms with van der Waals surface area (Å²) in [6.45, 7) is 0. The molecule has 0 saturated carbocycles. The number of benzene rings is 11. The van der Waals surface area contributed by atoms with Gasteiger partial charge in [-0.05, 0) is 84.9 Å². The number of nitriles is 1. The topological polar surface area (TPSA) is 95.1 Å². The van der Waals surface area contributed by atoms with Gasteiger partial charge in [0.25, 0.3) is 0 Å². The summed E-state index contributed by atoms with van der Waals surface area (Å²) in [4.78, 5) is 20.8. The number of hydrogen-bond donors (Lipinski definition) is 0. The van der Waals surface area contributed by atoms with Gasteiger partial charge in [0.15, 0.2) is 17.5 Å². The van der Waals surface area contributed by atoms with Crippen LogP contribution in [-0.2, 0) is 0 Å². The lowest BCUT2D eigenvalue weighted by atomic mass is 9.98. The first-order chi connectivity index (χ1) is 41.7. The van der Waals surface area contributed by atoms with Crippen molar-refractivity contribution >= 4 is 87.2 Å². The minimum Gasteiger partial charge on any atom is -0.309 e. The number of nitrogens with zero attached hydrogens (tertiary/aromatic N) is 9. The van der Waals surface area contributed by atoms with Gasteiger partial charge in [0.2, 0.25) is 0 Å². The van der Waals surface area contributed by atoms with Crippen molar-refractivity contribution in [3.05, 3.63) is 279 Å². The Balaban J connectivity index is 0.971. The van der Waals surface area contributed by atoms with E-state index in [4.69, 9.17) is 19.9 Å². The van der Waals surface area contributed by atoms with Crippen LogP contribution in [0.1, 0.15) is 5.56 Å². The number of rotatable bonds is 8. The van der Waals surface area contributed by atoms with E-state index in [0.29, 0.717) is 40.0 Å². The Morgan fingerprint density at radius 1 is 0.310 bits per heavy atom. The van der Waals surface area contributed by atoms with Crippen LogP contribution in [0.5, 0.6) is 0 Å². The van der Waals surface area contributed by atoms with Crippen molar-refractivity contribution in [1.82, 2.24) is 38.2 Å². The molecule has 390 valence electrons. The van der Waals surface area contributed by atoms with Crippen molar-refractivity contribution < 1.29 is 0 Å². The summed E-state index contributed by atoms with van der Waals surface area (Å²) < 4.78 is 9.44. The van der Waals surface area contributed by atoms with Crippen LogP contribution >= 0.6 is 0 Å². The van der Waals surface area contributed by atoms with E-state index in [9.17, 15) is 5.26 Å². The van der Waals surface area contributed by atoms with E-state index >= 15 is 0 Å². The van der Waals surface area contributed by atoms with Gasteiger partial charge in [-0.25, -0.2) is 15.0 Å². The van der Waals surface area contributed by atoms with Gasteiger partial charge in [0.05, 0.1) is 61.1 Å². The van der Waals surface area contributed by atoms with Crippen LogP contribution in [0.25, 0.3) is 155 Å². The highest BCUT2D eigenvalue weighted by Crippen LogP contribution is 2.47. The maximum absolute atomic E-state index is 11.9. The largest absolute Gasteiger partial charge is 0.309 e. The molecule has 6 heterocycles. The maximum Gasteiger partial charge on any atom is 0.164 e. The first kappa shape index (κ1) is 47.1. The smallest absolute Gasteiger partial charge is 0.164 e. The zero-order valence-corrected chi connectivity index (χ0v) is 45.0. The molecule has 0 aliphatic carbocycles. The van der Waals surface area contributed by atoms with Crippen molar-refractivity contribution in [3.63, 3.8) is 0 Å². The molecule has 17 aromatic rings. The van der Waals surface area contributed by atoms with Gasteiger partial charge in [-0.3, -0.25) is 4.98 Å². The molecule has 0 radical (unpaired) electrons. The van der Waals surface area contributed by atoms with Gasteiger partial charge in [-0.15, -0.1) is 0 Å². The lowest BCUT2D eigenvalue weighted by Crippen LogP contribution is -2.05. The third kappa shape index (κ3) is 7.08. The molecule has 17 rings (SSSR count). The highest BCUT2D eigenvalue weighted by molar-refractivity contribution is 6.28. The maximum atomic E-state index is 11.9. The fourth-order valence-electron chi connectivity index (χ4n) is 13.2. The molecule has 0 aliphatic rings. The molecule has 0 amide bonds. The van der Waals surface area contributed by atoms with Gasteiger partial charge in [0, 0.05) is 88.6 Å². The van der Waals surface area contributed by atoms with Crippen LogP contribution in [0.15, 0.2) is 273 Å². The molecule has 9 heteroatoms. The summed E-state index contributed by atoms with van der Waals surface area (Å²) in [5.41, 5.74) is 16.4. The second-order valence-electron chi connectivity index (χ2n) is 21.3. The lowest BCUT2D eigenvalue weighted by molar-refractivity contribution is 1.07. The van der Waals surface area contributed by atoms with E-state index < -0.39 is 0 Å². The molecule has 6 aromatic heterocycles. The fourth-order valence-corrected chi connectivity index (χ4v) is 13.2. The lowest BCUT2D eigenvalue weighted by Gasteiger charge is -2.18. The van der Waals surface area contributed by atoms with Crippen LogP contribution < -0.4 is 0 Å². The Hall–Kier alpha value is -11.7. The predicted molar refractivity (Wildman–Crippen MR) is 341 cm³/mol. The molecule has 0 fully saturated rings. The first-order valence-corrected chi connectivity index (χ1v) is 28.1. The van der Waals surface area contributed by atoms with Crippen molar-refractivity contribution in [2.45, 2.75) is 0 Å². The van der Waals surface area contributed by atoms with Crippen LogP contribution in [-0.4, -0.2) is 38.2 Å². The zero-order valence-electron chi connectivity index (χ0n) is 45.0. The van der Waals surface area contributed by atoms with Gasteiger partial charge in [-0.1, -0.05) is 182 Å². The van der Waals surface area contributed by atoms with E-state index in [-0.39, 0.29) is 0 Å². The second-order valence-corrected chi connectivity index (χ2v) is 21.3. The summed E-state index contributed by atoms with van der Waals surface area (Å²) in [6.07, 6.45) is 1.89. The second kappa shape index (κ2) is 18.7. The molecule has 0 N–H and O–H groups in total. The summed E-state index contributed by atoms with van der Waals surface area (Å²) in [5.74, 6) is 1.48. The zero-order chi connectivity index (χ0) is 55.4. The predicted octanol–water partition coefficient (Wildman–Crippen LogP) is 18.2. The fraction of sp³-hybridized carbons (Fsp3) is 0. The summed E-state index contributed by atoms with van der Waals surface area (Å²) in [5, 5.41) is 21.0. The Morgan fingerprint density at radius 3 is 1.23 bits per heavy atom. The van der Waals surface area contributed by atoms with E-state index in [1.807, 2.05) is 72.9 Å². The van der Waals surface area contributed by atoms with Crippen LogP contribution in [0.4, 0.5) is 0 Å². The number of pyridine rings is 1. The Morgan fingerprint density at radius 2 is 0.726 bits per heavy atom. The molecule has 11 aromatic carbocycles. The van der Waals surface area contributed by atoms with Crippen LogP contribution in [0, 0.1) is 11.3 Å². The number of para-hydroxylation sites is 6. The van der Waals surface area contributed by atoms with Gasteiger partial charge in [-0.2, -0.15) is 5.26 Å². The number of fused-ring (bicyclic) bond motifs is 14. The molecule has 0 aliphatic heterocycles. The van der Waals surface area contributed by atoms with Crippen LogP contribution in [0.2, 0.25) is 0 Å². The molecule has 0 unspecified atom stereocenters. The minimum atomic E-state index is 0.428. The molecule has 0 saturated heterocycles. The third-order valence-corrected chi connectivity index (χ3v) is 16.7. The summed E-state index contributed by atoms with van der Waals surface area (Å²) in [7, 11) is 0. The average molecular weight is 1070 g/mol. The van der Waals surface area contributed by atoms with Gasteiger partial charge >= 0.3 is 0 Å². The van der Waals surface area contributed by atoms with Crippen molar-refractivity contribution in [2.24, 2.45) is 0 Å². The van der Waals surface area contributed by atoms with Crippen LogP contribution in [0.3, 0.4) is 0 Å². The standard InChI is InChI=1S/C75H45N9/c76-46-50-43-49(75-79-73(47-21-5-1-6-22-47)78-74(80-75)48-23-7-2-8-24-48)44-60(70(50)84-65-36-20-16-32-59(65)69-67(84)40-38-57-55-30-14-18-34-63(55)83(72(57)69)52-27-11-4-12-28-52)61-45-53(41-42-77-61)81-64-35-19-15-31-58(64)68-66(81)39-37-56-54-29-13-17-33-62(54)82(71(56)68)51-25-9-3-10-26-51/h1-45H. The van der Waals surface area contributed by atoms with Crippen molar-refractivity contribution in [1.29, 1.82) is 5.26 Å². The average Bonchev–Trinajstić information content (AvgIpc) is 1.67. The SMILES string of the molecule is N#Cc1cc(-c2nc(-c3ccccc3)nc(-c3ccccc3)n2)cc(-c2cc(-n3c4ccccc4c4c3ccc3c5ccccc5n(-c5ccccc5)c34)ccn2)c1-n1c2ccccc2c2c1ccc1c3ccccc3n(-c3ccccc3)c12. The van der Waals surface area contributed by atoms with E-state index in [1.165, 1.54) is 10.8 Å². The summed E-state index contributed by atoms with van der Waals surface area (Å²) in [6, 6.07) is 95.8. The van der Waals surface area contributed by atoms with Gasteiger partial charge < -0.3 is 18.3 Å². The minimum absolute atomic E-state index is 0.428. The molecular weight excluding hydrogens is 1030 g/mol. The van der Waals surface area contributed by atoms with E-state index in [0.717, 1.165) is 110 Å². The third-order valence-electron chi connectivity index (χ3n) is 16.7. The molecule has 84 heavy (non-hydrogen) atoms. The normalized spacial score (nSPS) is 11.8. The van der Waals surface area contributed by atoms with E-state index in [2.05, 4.69) is 225 Å². The molecule has 0 atom stereocenters. The Bertz CT molecular complexity index is 5500. The monoisotopic (exact) mass is 1070 g/mol. The van der Waals surface area contributed by atoms with Gasteiger partial charge in [0.1, 0.15) is 6.07 Å². The Labute approximate surface area is 481 Å². The quantitative estimate of drug-likeness (QED) is 0.151. The van der Waals surface area contributed by atoms with E-state index in [1.54, 1.807) is 0 Å². The number of hydrogen-bond acceptors (Lipinski definition) is 5. The van der Waals surface area contributed by atoms with Crippen molar-refractivity contribution in [3.8, 4) is 74.2 Å². The molecule has 9 nitrogen and oxygen atoms in total. The van der Waals surface area contributed by atoms with Crippen molar-refractivity contribution in [2.75, 3.05) is 0 Å².